The van der Waals surface area contributed by atoms with Crippen LogP contribution >= 0.6 is 0 Å². The Balaban J connectivity index is 1.78. The lowest BCUT2D eigenvalue weighted by atomic mass is 10.0. The lowest BCUT2D eigenvalue weighted by Gasteiger charge is -2.24. The normalized spacial score (nSPS) is 11.3. The summed E-state index contributed by atoms with van der Waals surface area (Å²) in [7, 11) is 0. The van der Waals surface area contributed by atoms with Gasteiger partial charge in [0.25, 0.3) is 0 Å². The standard InChI is InChI=1S/C27H29F3N2O3/c1-3-4-22-15-20(8-11-24(22)35-18-26(33)34)13-14-32(25-12-5-19(2)16-31-25)17-21-6-9-23(10-7-21)27(28,29)30/h5-12,15-16H,3-4,13-14,17-18H2,1-2H3,(H,33,34). The van der Waals surface area contributed by atoms with Gasteiger partial charge in [-0.25, -0.2) is 9.78 Å². The summed E-state index contributed by atoms with van der Waals surface area (Å²) in [6.07, 6.45) is -0.278. The Kier molecular flexibility index (Phi) is 8.73. The number of benzene rings is 2. The van der Waals surface area contributed by atoms with E-state index in [-0.39, 0.29) is 0 Å². The smallest absolute Gasteiger partial charge is 0.416 e. The average Bonchev–Trinajstić information content (AvgIpc) is 2.81. The van der Waals surface area contributed by atoms with Crippen LogP contribution in [0.4, 0.5) is 19.0 Å². The van der Waals surface area contributed by atoms with Crippen LogP contribution in [-0.2, 0) is 30.4 Å². The van der Waals surface area contributed by atoms with Gasteiger partial charge in [0, 0.05) is 19.3 Å². The van der Waals surface area contributed by atoms with E-state index in [4.69, 9.17) is 9.84 Å². The van der Waals surface area contributed by atoms with Gasteiger partial charge in [-0.3, -0.25) is 0 Å². The van der Waals surface area contributed by atoms with Crippen molar-refractivity contribution in [2.24, 2.45) is 0 Å². The third-order valence-electron chi connectivity index (χ3n) is 5.54. The number of carbonyl (C=O) groups is 1. The van der Waals surface area contributed by atoms with Gasteiger partial charge < -0.3 is 14.7 Å². The maximum atomic E-state index is 12.9. The number of ether oxygens (including phenoxy) is 1. The Labute approximate surface area is 203 Å². The Morgan fingerprint density at radius 1 is 1.03 bits per heavy atom. The molecule has 2 aromatic carbocycles. The van der Waals surface area contributed by atoms with E-state index in [1.165, 1.54) is 12.1 Å². The van der Waals surface area contributed by atoms with Crippen LogP contribution in [0.5, 0.6) is 5.75 Å². The first kappa shape index (κ1) is 26.1. The molecule has 0 fully saturated rings. The van der Waals surface area contributed by atoms with Crippen LogP contribution in [0, 0.1) is 6.92 Å². The fourth-order valence-electron chi connectivity index (χ4n) is 3.74. The Morgan fingerprint density at radius 3 is 2.34 bits per heavy atom. The van der Waals surface area contributed by atoms with Crippen LogP contribution in [0.2, 0.25) is 0 Å². The summed E-state index contributed by atoms with van der Waals surface area (Å²) in [6, 6.07) is 14.8. The summed E-state index contributed by atoms with van der Waals surface area (Å²) >= 11 is 0. The topological polar surface area (TPSA) is 62.7 Å². The van der Waals surface area contributed by atoms with Gasteiger partial charge in [-0.05, 0) is 66.3 Å². The minimum absolute atomic E-state index is 0.393. The highest BCUT2D eigenvalue weighted by Gasteiger charge is 2.30. The van der Waals surface area contributed by atoms with Gasteiger partial charge in [-0.1, -0.05) is 43.7 Å². The number of hydrogen-bond acceptors (Lipinski definition) is 4. The molecule has 0 saturated heterocycles. The van der Waals surface area contributed by atoms with Gasteiger partial charge >= 0.3 is 12.1 Å². The Bertz CT molecular complexity index is 1110. The van der Waals surface area contributed by atoms with Crippen LogP contribution < -0.4 is 9.64 Å². The quantitative estimate of drug-likeness (QED) is 0.356. The molecule has 1 N–H and O–H groups in total. The van der Waals surface area contributed by atoms with Gasteiger partial charge in [0.05, 0.1) is 5.56 Å². The molecule has 0 radical (unpaired) electrons. The molecule has 35 heavy (non-hydrogen) atoms. The lowest BCUT2D eigenvalue weighted by Crippen LogP contribution is -2.26. The molecule has 5 nitrogen and oxygen atoms in total. The molecule has 0 aliphatic rings. The number of anilines is 1. The van der Waals surface area contributed by atoms with Crippen LogP contribution in [-0.4, -0.2) is 29.2 Å². The van der Waals surface area contributed by atoms with E-state index in [2.05, 4.69) is 4.98 Å². The van der Waals surface area contributed by atoms with Crippen molar-refractivity contribution >= 4 is 11.8 Å². The summed E-state index contributed by atoms with van der Waals surface area (Å²) < 4.78 is 44.2. The van der Waals surface area contributed by atoms with Gasteiger partial charge in [-0.2, -0.15) is 13.2 Å². The van der Waals surface area contributed by atoms with Crippen molar-refractivity contribution in [3.63, 3.8) is 0 Å². The summed E-state index contributed by atoms with van der Waals surface area (Å²) in [5.74, 6) is 0.284. The minimum Gasteiger partial charge on any atom is -0.482 e. The molecule has 0 saturated carbocycles. The van der Waals surface area contributed by atoms with E-state index in [1.807, 2.05) is 43.0 Å². The molecule has 0 spiro atoms. The zero-order valence-corrected chi connectivity index (χ0v) is 19.8. The number of halogens is 3. The summed E-state index contributed by atoms with van der Waals surface area (Å²) in [6.45, 7) is 4.60. The molecule has 0 amide bonds. The van der Waals surface area contributed by atoms with E-state index in [0.29, 0.717) is 25.3 Å². The number of aliphatic carboxylic acids is 1. The van der Waals surface area contributed by atoms with Gasteiger partial charge in [0.1, 0.15) is 11.6 Å². The number of pyridine rings is 1. The first-order valence-electron chi connectivity index (χ1n) is 11.5. The number of aromatic nitrogens is 1. The lowest BCUT2D eigenvalue weighted by molar-refractivity contribution is -0.139. The van der Waals surface area contributed by atoms with Crippen LogP contribution in [0.15, 0.2) is 60.8 Å². The summed E-state index contributed by atoms with van der Waals surface area (Å²) in [5, 5.41) is 8.90. The summed E-state index contributed by atoms with van der Waals surface area (Å²) in [4.78, 5) is 17.4. The second-order valence-corrected chi connectivity index (χ2v) is 8.43. The predicted molar refractivity (Wildman–Crippen MR) is 129 cm³/mol. The van der Waals surface area contributed by atoms with Crippen molar-refractivity contribution in [1.82, 2.24) is 4.98 Å². The van der Waals surface area contributed by atoms with E-state index < -0.39 is 24.3 Å². The van der Waals surface area contributed by atoms with Crippen molar-refractivity contribution < 1.29 is 27.8 Å². The van der Waals surface area contributed by atoms with Crippen molar-refractivity contribution in [3.8, 4) is 5.75 Å². The van der Waals surface area contributed by atoms with E-state index in [0.717, 1.165) is 53.0 Å². The minimum atomic E-state index is -4.37. The molecule has 0 unspecified atom stereocenters. The van der Waals surface area contributed by atoms with Crippen molar-refractivity contribution in [3.05, 3.63) is 88.6 Å². The number of alkyl halides is 3. The maximum Gasteiger partial charge on any atom is 0.416 e. The molecule has 3 rings (SSSR count). The molecule has 0 bridgehead atoms. The molecule has 186 valence electrons. The van der Waals surface area contributed by atoms with Crippen LogP contribution in [0.3, 0.4) is 0 Å². The van der Waals surface area contributed by atoms with E-state index >= 15 is 0 Å². The van der Waals surface area contributed by atoms with Gasteiger partial charge in [0.2, 0.25) is 0 Å². The Hall–Kier alpha value is -3.55. The SMILES string of the molecule is CCCc1cc(CCN(Cc2ccc(C(F)(F)F)cc2)c2ccc(C)cn2)ccc1OCC(=O)O. The third kappa shape index (κ3) is 7.73. The highest BCUT2D eigenvalue weighted by atomic mass is 19.4. The van der Waals surface area contributed by atoms with E-state index in [1.54, 1.807) is 12.3 Å². The molecule has 0 atom stereocenters. The maximum absolute atomic E-state index is 12.9. The van der Waals surface area contributed by atoms with Gasteiger partial charge in [0.15, 0.2) is 6.61 Å². The third-order valence-corrected chi connectivity index (χ3v) is 5.54. The van der Waals surface area contributed by atoms with Crippen molar-refractivity contribution in [2.75, 3.05) is 18.1 Å². The predicted octanol–water partition coefficient (Wildman–Crippen LogP) is 6.07. The number of carboxylic acids is 1. The number of carboxylic acid groups (broad SMARTS) is 1. The number of nitrogens with zero attached hydrogens (tertiary/aromatic N) is 2. The summed E-state index contributed by atoms with van der Waals surface area (Å²) in [5.41, 5.74) is 3.11. The second kappa shape index (κ2) is 11.7. The molecule has 0 aliphatic heterocycles. The first-order valence-corrected chi connectivity index (χ1v) is 11.5. The number of rotatable bonds is 11. The molecule has 8 heteroatoms. The number of hydrogen-bond donors (Lipinski definition) is 1. The zero-order chi connectivity index (χ0) is 25.4. The fourth-order valence-corrected chi connectivity index (χ4v) is 3.74. The molecule has 1 heterocycles. The monoisotopic (exact) mass is 486 g/mol. The molecular weight excluding hydrogens is 457 g/mol. The Morgan fingerprint density at radius 2 is 1.74 bits per heavy atom. The highest BCUT2D eigenvalue weighted by molar-refractivity contribution is 5.68. The van der Waals surface area contributed by atoms with Crippen LogP contribution in [0.25, 0.3) is 0 Å². The van der Waals surface area contributed by atoms with E-state index in [9.17, 15) is 18.0 Å². The van der Waals surface area contributed by atoms with Crippen molar-refractivity contribution in [2.45, 2.75) is 45.8 Å². The van der Waals surface area contributed by atoms with Crippen LogP contribution in [0.1, 0.15) is 41.2 Å². The highest BCUT2D eigenvalue weighted by Crippen LogP contribution is 2.29. The van der Waals surface area contributed by atoms with Crippen molar-refractivity contribution in [1.29, 1.82) is 0 Å². The first-order chi connectivity index (χ1) is 16.7. The van der Waals surface area contributed by atoms with Gasteiger partial charge in [-0.15, -0.1) is 0 Å². The molecule has 0 aliphatic carbocycles. The molecule has 3 aromatic rings. The number of aryl methyl sites for hydroxylation is 2. The average molecular weight is 487 g/mol. The zero-order valence-electron chi connectivity index (χ0n) is 19.8. The second-order valence-electron chi connectivity index (χ2n) is 8.43. The molecular formula is C27H29F3N2O3. The fraction of sp³-hybridized carbons (Fsp3) is 0.333. The largest absolute Gasteiger partial charge is 0.482 e. The molecule has 1 aromatic heterocycles.